The number of aliphatic carboxylic acids is 1. The number of carboxylic acids is 1. The third-order valence-corrected chi connectivity index (χ3v) is 3.85. The minimum Gasteiger partial charge on any atom is -0.479 e. The molecule has 2 N–H and O–H groups in total. The second-order valence-electron chi connectivity index (χ2n) is 4.65. The number of carboxylic acid groups (broad SMARTS) is 1. The van der Waals surface area contributed by atoms with E-state index in [-0.39, 0.29) is 13.0 Å². The van der Waals surface area contributed by atoms with Gasteiger partial charge in [-0.25, -0.2) is 4.79 Å². The van der Waals surface area contributed by atoms with E-state index in [1.807, 2.05) is 0 Å². The van der Waals surface area contributed by atoms with E-state index < -0.39 is 17.4 Å². The molecule has 1 unspecified atom stereocenters. The molecule has 1 atom stereocenters. The van der Waals surface area contributed by atoms with Crippen molar-refractivity contribution < 1.29 is 19.4 Å². The predicted octanol–water partition coefficient (Wildman–Crippen LogP) is 2.37. The smallest absolute Gasteiger partial charge is 0.331 e. The highest BCUT2D eigenvalue weighted by Crippen LogP contribution is 2.25. The summed E-state index contributed by atoms with van der Waals surface area (Å²) < 4.78 is 5.06. The fourth-order valence-corrected chi connectivity index (χ4v) is 2.52. The summed E-state index contributed by atoms with van der Waals surface area (Å²) in [5, 5.41) is 12.5. The molecule has 1 amide bonds. The van der Waals surface area contributed by atoms with Crippen LogP contribution in [0.25, 0.3) is 6.08 Å². The maximum atomic E-state index is 11.9. The van der Waals surface area contributed by atoms with Crippen molar-refractivity contribution in [2.45, 2.75) is 12.0 Å². The Morgan fingerprint density at radius 1 is 1.33 bits per heavy atom. The van der Waals surface area contributed by atoms with Crippen LogP contribution in [0, 0.1) is 0 Å². The van der Waals surface area contributed by atoms with Gasteiger partial charge in [0, 0.05) is 34.7 Å². The first-order chi connectivity index (χ1) is 9.94. The van der Waals surface area contributed by atoms with Crippen LogP contribution >= 0.6 is 23.2 Å². The van der Waals surface area contributed by atoms with Crippen molar-refractivity contribution >= 4 is 41.2 Å². The van der Waals surface area contributed by atoms with Crippen molar-refractivity contribution in [1.82, 2.24) is 5.32 Å². The van der Waals surface area contributed by atoms with Gasteiger partial charge in [-0.15, -0.1) is 0 Å². The van der Waals surface area contributed by atoms with Gasteiger partial charge in [-0.1, -0.05) is 29.3 Å². The zero-order valence-corrected chi connectivity index (χ0v) is 12.4. The van der Waals surface area contributed by atoms with E-state index in [1.54, 1.807) is 18.2 Å². The Balaban J connectivity index is 2.11. The highest BCUT2D eigenvalue weighted by atomic mass is 35.5. The van der Waals surface area contributed by atoms with E-state index in [1.165, 1.54) is 12.2 Å². The van der Waals surface area contributed by atoms with Crippen molar-refractivity contribution in [1.29, 1.82) is 0 Å². The van der Waals surface area contributed by atoms with Gasteiger partial charge in [0.25, 0.3) is 0 Å². The Bertz CT molecular complexity index is 574. The molecule has 0 saturated carbocycles. The number of amides is 1. The quantitative estimate of drug-likeness (QED) is 0.831. The van der Waals surface area contributed by atoms with Crippen molar-refractivity contribution in [2.24, 2.45) is 0 Å². The van der Waals surface area contributed by atoms with Crippen molar-refractivity contribution in [3.63, 3.8) is 0 Å². The predicted molar refractivity (Wildman–Crippen MR) is 79.4 cm³/mol. The molecule has 2 rings (SSSR count). The molecule has 1 heterocycles. The van der Waals surface area contributed by atoms with Crippen LogP contribution in [-0.4, -0.2) is 35.7 Å². The number of rotatable bonds is 4. The normalized spacial score (nSPS) is 21.6. The molecule has 1 aromatic rings. The van der Waals surface area contributed by atoms with Gasteiger partial charge in [0.05, 0.1) is 6.61 Å². The molecule has 7 heteroatoms. The Labute approximate surface area is 131 Å². The van der Waals surface area contributed by atoms with Crippen LogP contribution in [0.4, 0.5) is 0 Å². The highest BCUT2D eigenvalue weighted by Gasteiger charge is 2.43. The average Bonchev–Trinajstić information content (AvgIpc) is 2.88. The lowest BCUT2D eigenvalue weighted by atomic mass is 9.99. The SMILES string of the molecule is O=C(C=Cc1c(Cl)cccc1Cl)NC1(C(=O)O)CCOC1. The Morgan fingerprint density at radius 2 is 2.00 bits per heavy atom. The van der Waals surface area contributed by atoms with Crippen molar-refractivity contribution in [3.05, 3.63) is 39.9 Å². The lowest BCUT2D eigenvalue weighted by molar-refractivity contribution is -0.147. The summed E-state index contributed by atoms with van der Waals surface area (Å²) in [6.45, 7) is 0.251. The first-order valence-electron chi connectivity index (χ1n) is 6.20. The van der Waals surface area contributed by atoms with Crippen molar-refractivity contribution in [3.8, 4) is 0 Å². The second kappa shape index (κ2) is 6.47. The number of carbonyl (C=O) groups is 2. The van der Waals surface area contributed by atoms with E-state index in [4.69, 9.17) is 27.9 Å². The van der Waals surface area contributed by atoms with Crippen LogP contribution < -0.4 is 5.32 Å². The third kappa shape index (κ3) is 3.56. The zero-order valence-electron chi connectivity index (χ0n) is 10.9. The van der Waals surface area contributed by atoms with Gasteiger partial charge in [-0.2, -0.15) is 0 Å². The number of carbonyl (C=O) groups excluding carboxylic acids is 1. The van der Waals surface area contributed by atoms with E-state index in [0.29, 0.717) is 22.2 Å². The van der Waals surface area contributed by atoms with E-state index in [2.05, 4.69) is 5.32 Å². The minimum absolute atomic E-state index is 0.0469. The van der Waals surface area contributed by atoms with Crippen molar-refractivity contribution in [2.75, 3.05) is 13.2 Å². The van der Waals surface area contributed by atoms with Crippen LogP contribution in [0.3, 0.4) is 0 Å². The van der Waals surface area contributed by atoms with Gasteiger partial charge in [-0.3, -0.25) is 4.79 Å². The molecule has 1 aliphatic rings. The number of benzene rings is 1. The van der Waals surface area contributed by atoms with Gasteiger partial charge in [-0.05, 0) is 18.2 Å². The third-order valence-electron chi connectivity index (χ3n) is 3.19. The lowest BCUT2D eigenvalue weighted by Crippen LogP contribution is -2.54. The minimum atomic E-state index is -1.37. The second-order valence-corrected chi connectivity index (χ2v) is 5.46. The zero-order chi connectivity index (χ0) is 15.5. The first-order valence-corrected chi connectivity index (χ1v) is 6.95. The summed E-state index contributed by atoms with van der Waals surface area (Å²) in [7, 11) is 0. The van der Waals surface area contributed by atoms with E-state index >= 15 is 0 Å². The molecule has 0 aromatic heterocycles. The summed E-state index contributed by atoms with van der Waals surface area (Å²) in [6.07, 6.45) is 2.89. The average molecular weight is 330 g/mol. The molecule has 0 spiro atoms. The molecular weight excluding hydrogens is 317 g/mol. The Kier molecular flexibility index (Phi) is 4.88. The number of hydrogen-bond donors (Lipinski definition) is 2. The molecule has 1 fully saturated rings. The van der Waals surface area contributed by atoms with E-state index in [0.717, 1.165) is 0 Å². The van der Waals surface area contributed by atoms with Gasteiger partial charge in [0.2, 0.25) is 5.91 Å². The first kappa shape index (κ1) is 15.8. The van der Waals surface area contributed by atoms with Crippen LogP contribution in [0.5, 0.6) is 0 Å². The van der Waals surface area contributed by atoms with Gasteiger partial charge in [0.15, 0.2) is 5.54 Å². The molecule has 21 heavy (non-hydrogen) atoms. The molecule has 1 aliphatic heterocycles. The molecular formula is C14H13Cl2NO4. The molecule has 5 nitrogen and oxygen atoms in total. The lowest BCUT2D eigenvalue weighted by Gasteiger charge is -2.22. The fourth-order valence-electron chi connectivity index (χ4n) is 1.99. The summed E-state index contributed by atoms with van der Waals surface area (Å²) >= 11 is 12.0. The van der Waals surface area contributed by atoms with Crippen LogP contribution in [0.15, 0.2) is 24.3 Å². The number of halogens is 2. The number of hydrogen-bond acceptors (Lipinski definition) is 3. The Hall–Kier alpha value is -1.56. The van der Waals surface area contributed by atoms with Gasteiger partial charge in [0.1, 0.15) is 0 Å². The largest absolute Gasteiger partial charge is 0.479 e. The van der Waals surface area contributed by atoms with Gasteiger partial charge < -0.3 is 15.2 Å². The monoisotopic (exact) mass is 329 g/mol. The number of nitrogens with one attached hydrogen (secondary N) is 1. The molecule has 0 radical (unpaired) electrons. The molecule has 1 saturated heterocycles. The Morgan fingerprint density at radius 3 is 2.52 bits per heavy atom. The maximum Gasteiger partial charge on any atom is 0.331 e. The summed E-state index contributed by atoms with van der Waals surface area (Å²) in [4.78, 5) is 23.2. The summed E-state index contributed by atoms with van der Waals surface area (Å²) in [5.74, 6) is -1.66. The van der Waals surface area contributed by atoms with Gasteiger partial charge >= 0.3 is 5.97 Å². The molecule has 1 aromatic carbocycles. The number of ether oxygens (including phenoxy) is 1. The molecule has 0 bridgehead atoms. The topological polar surface area (TPSA) is 75.6 Å². The molecule has 112 valence electrons. The van der Waals surface area contributed by atoms with E-state index in [9.17, 15) is 14.7 Å². The standard InChI is InChI=1S/C14H13Cl2NO4/c15-10-2-1-3-11(16)9(10)4-5-12(18)17-14(13(19)20)6-7-21-8-14/h1-5H,6-8H2,(H,17,18)(H,19,20). The summed E-state index contributed by atoms with van der Waals surface area (Å²) in [5.41, 5.74) is -0.867. The molecule has 0 aliphatic carbocycles. The highest BCUT2D eigenvalue weighted by molar-refractivity contribution is 6.37. The maximum absolute atomic E-state index is 11.9. The van der Waals surface area contributed by atoms with Crippen LogP contribution in [0.1, 0.15) is 12.0 Å². The van der Waals surface area contributed by atoms with Crippen LogP contribution in [0.2, 0.25) is 10.0 Å². The summed E-state index contributed by atoms with van der Waals surface area (Å²) in [6, 6.07) is 4.99. The van der Waals surface area contributed by atoms with Crippen LogP contribution in [-0.2, 0) is 14.3 Å². The fraction of sp³-hybridized carbons (Fsp3) is 0.286.